The first-order chi connectivity index (χ1) is 15.7. The molecule has 3 aromatic carbocycles. The molecule has 8 heteroatoms. The van der Waals surface area contributed by atoms with Crippen molar-refractivity contribution in [2.75, 3.05) is 5.43 Å². The molecule has 0 amide bonds. The van der Waals surface area contributed by atoms with Gasteiger partial charge in [-0.25, -0.2) is 9.37 Å². The Morgan fingerprint density at radius 1 is 1.00 bits per heavy atom. The van der Waals surface area contributed by atoms with E-state index in [4.69, 9.17) is 4.74 Å². The highest BCUT2D eigenvalue weighted by Gasteiger charge is 2.18. The zero-order chi connectivity index (χ0) is 21.9. The third-order valence-corrected chi connectivity index (χ3v) is 5.68. The minimum Gasteiger partial charge on any atom is -0.438 e. The molecule has 5 aromatic rings. The van der Waals surface area contributed by atoms with Crippen LogP contribution in [0.25, 0.3) is 15.9 Å². The number of aromatic nitrogens is 3. The summed E-state index contributed by atoms with van der Waals surface area (Å²) in [5.74, 6) is 0.652. The average Bonchev–Trinajstić information content (AvgIpc) is 3.37. The fourth-order valence-corrected chi connectivity index (χ4v) is 4.01. The highest BCUT2D eigenvalue weighted by atomic mass is 32.1. The molecule has 5 rings (SSSR count). The molecular formula is C24H18FN5OS. The zero-order valence-corrected chi connectivity index (χ0v) is 17.9. The topological polar surface area (TPSA) is 64.3 Å². The molecule has 0 unspecified atom stereocenters. The highest BCUT2D eigenvalue weighted by molar-refractivity contribution is 7.22. The number of halogens is 1. The minimum absolute atomic E-state index is 0.327. The summed E-state index contributed by atoms with van der Waals surface area (Å²) in [7, 11) is 0. The molecule has 0 aliphatic rings. The number of nitrogens with zero attached hydrogens (tertiary/aromatic N) is 4. The molecule has 6 nitrogen and oxygen atoms in total. The Kier molecular flexibility index (Phi) is 5.35. The van der Waals surface area contributed by atoms with E-state index < -0.39 is 0 Å². The standard InChI is InChI=1S/C24H18FN5OS/c1-16-20(15-26-28-24-27-21-9-5-6-10-22(21)32-24)23(31-19-13-11-17(25)12-14-19)30(29-16)18-7-3-2-4-8-18/h2-15H,1H3,(H,27,28)/b26-15-. The van der Waals surface area contributed by atoms with Gasteiger partial charge in [0.1, 0.15) is 11.6 Å². The predicted molar refractivity (Wildman–Crippen MR) is 126 cm³/mol. The van der Waals surface area contributed by atoms with Crippen LogP contribution >= 0.6 is 11.3 Å². The first-order valence-electron chi connectivity index (χ1n) is 9.90. The van der Waals surface area contributed by atoms with E-state index in [0.717, 1.165) is 21.6 Å². The Bertz CT molecular complexity index is 1360. The van der Waals surface area contributed by atoms with E-state index >= 15 is 0 Å². The van der Waals surface area contributed by atoms with Crippen LogP contribution in [0.2, 0.25) is 0 Å². The SMILES string of the molecule is Cc1nn(-c2ccccc2)c(Oc2ccc(F)cc2)c1/C=N\Nc1nc2ccccc2s1. The van der Waals surface area contributed by atoms with Crippen LogP contribution in [-0.2, 0) is 0 Å². The number of para-hydroxylation sites is 2. The third kappa shape index (κ3) is 4.08. The number of thiazole rings is 1. The second kappa shape index (κ2) is 8.60. The van der Waals surface area contributed by atoms with Gasteiger partial charge < -0.3 is 4.74 Å². The Hall–Kier alpha value is -4.04. The molecular weight excluding hydrogens is 425 g/mol. The molecule has 0 bridgehead atoms. The largest absolute Gasteiger partial charge is 0.438 e. The number of hydrogen-bond donors (Lipinski definition) is 1. The molecule has 0 aliphatic heterocycles. The molecule has 158 valence electrons. The summed E-state index contributed by atoms with van der Waals surface area (Å²) in [5.41, 5.74) is 6.19. The van der Waals surface area contributed by atoms with Gasteiger partial charge in [-0.3, -0.25) is 5.43 Å². The van der Waals surface area contributed by atoms with Crippen molar-refractivity contribution in [3.05, 3.63) is 95.9 Å². The monoisotopic (exact) mass is 443 g/mol. The number of nitrogens with one attached hydrogen (secondary N) is 1. The van der Waals surface area contributed by atoms with Gasteiger partial charge >= 0.3 is 0 Å². The van der Waals surface area contributed by atoms with Gasteiger partial charge in [-0.1, -0.05) is 41.7 Å². The minimum atomic E-state index is -0.327. The van der Waals surface area contributed by atoms with Crippen LogP contribution in [0.5, 0.6) is 11.6 Å². The van der Waals surface area contributed by atoms with E-state index in [9.17, 15) is 4.39 Å². The summed E-state index contributed by atoms with van der Waals surface area (Å²) < 4.78 is 22.3. The summed E-state index contributed by atoms with van der Waals surface area (Å²) >= 11 is 1.52. The van der Waals surface area contributed by atoms with Gasteiger partial charge in [-0.2, -0.15) is 14.9 Å². The molecule has 0 atom stereocenters. The molecule has 0 saturated carbocycles. The maximum absolute atomic E-state index is 13.4. The van der Waals surface area contributed by atoms with Gasteiger partial charge in [-0.05, 0) is 55.5 Å². The van der Waals surface area contributed by atoms with Crippen LogP contribution in [0, 0.1) is 12.7 Å². The molecule has 2 aromatic heterocycles. The quantitative estimate of drug-likeness (QED) is 0.252. The first-order valence-corrected chi connectivity index (χ1v) is 10.7. The van der Waals surface area contributed by atoms with Crippen LogP contribution in [0.3, 0.4) is 0 Å². The van der Waals surface area contributed by atoms with Gasteiger partial charge in [0.2, 0.25) is 11.0 Å². The molecule has 2 heterocycles. The Balaban J connectivity index is 1.49. The van der Waals surface area contributed by atoms with Crippen molar-refractivity contribution in [1.29, 1.82) is 0 Å². The Labute approximate surface area is 187 Å². The summed E-state index contributed by atoms with van der Waals surface area (Å²) in [5, 5.41) is 9.70. The number of hydrogen-bond acceptors (Lipinski definition) is 6. The van der Waals surface area contributed by atoms with Gasteiger partial charge in [0.15, 0.2) is 0 Å². The highest BCUT2D eigenvalue weighted by Crippen LogP contribution is 2.30. The Morgan fingerprint density at radius 2 is 1.75 bits per heavy atom. The van der Waals surface area contributed by atoms with Crippen LogP contribution in [-0.4, -0.2) is 21.0 Å². The number of rotatable bonds is 6. The van der Waals surface area contributed by atoms with Crippen molar-refractivity contribution in [2.45, 2.75) is 6.92 Å². The summed E-state index contributed by atoms with van der Waals surface area (Å²) in [6, 6.07) is 23.4. The summed E-state index contributed by atoms with van der Waals surface area (Å²) in [4.78, 5) is 4.52. The van der Waals surface area contributed by atoms with Crippen molar-refractivity contribution in [1.82, 2.24) is 14.8 Å². The lowest BCUT2D eigenvalue weighted by Crippen LogP contribution is -2.00. The normalized spacial score (nSPS) is 11.3. The second-order valence-electron chi connectivity index (χ2n) is 6.96. The van der Waals surface area contributed by atoms with E-state index in [1.54, 1.807) is 23.0 Å². The van der Waals surface area contributed by atoms with E-state index in [-0.39, 0.29) is 5.82 Å². The summed E-state index contributed by atoms with van der Waals surface area (Å²) in [6.07, 6.45) is 1.66. The lowest BCUT2D eigenvalue weighted by Gasteiger charge is -2.10. The van der Waals surface area contributed by atoms with Crippen LogP contribution in [0.15, 0.2) is 84.0 Å². The van der Waals surface area contributed by atoms with E-state index in [0.29, 0.717) is 22.3 Å². The molecule has 0 fully saturated rings. The molecule has 1 N–H and O–H groups in total. The maximum Gasteiger partial charge on any atom is 0.231 e. The van der Waals surface area contributed by atoms with Crippen molar-refractivity contribution in [3.8, 4) is 17.3 Å². The summed E-state index contributed by atoms with van der Waals surface area (Å²) in [6.45, 7) is 1.88. The molecule has 0 radical (unpaired) electrons. The van der Waals surface area contributed by atoms with Crippen molar-refractivity contribution >= 4 is 32.9 Å². The smallest absolute Gasteiger partial charge is 0.231 e. The fourth-order valence-electron chi connectivity index (χ4n) is 3.20. The second-order valence-corrected chi connectivity index (χ2v) is 7.99. The van der Waals surface area contributed by atoms with Crippen molar-refractivity contribution < 1.29 is 9.13 Å². The zero-order valence-electron chi connectivity index (χ0n) is 17.1. The van der Waals surface area contributed by atoms with E-state index in [2.05, 4.69) is 20.6 Å². The van der Waals surface area contributed by atoms with Crippen molar-refractivity contribution in [2.24, 2.45) is 5.10 Å². The lowest BCUT2D eigenvalue weighted by molar-refractivity contribution is 0.442. The first kappa shape index (κ1) is 19.9. The third-order valence-electron chi connectivity index (χ3n) is 4.74. The number of hydrazone groups is 1. The van der Waals surface area contributed by atoms with Gasteiger partial charge in [0.05, 0.1) is 33.4 Å². The lowest BCUT2D eigenvalue weighted by atomic mass is 10.2. The number of fused-ring (bicyclic) bond motifs is 1. The number of anilines is 1. The maximum atomic E-state index is 13.4. The number of benzene rings is 3. The van der Waals surface area contributed by atoms with Crippen molar-refractivity contribution in [3.63, 3.8) is 0 Å². The molecule has 0 aliphatic carbocycles. The fraction of sp³-hybridized carbons (Fsp3) is 0.0417. The van der Waals surface area contributed by atoms with Crippen LogP contribution < -0.4 is 10.2 Å². The number of ether oxygens (including phenoxy) is 1. The van der Waals surface area contributed by atoms with E-state index in [1.165, 1.54) is 23.5 Å². The average molecular weight is 444 g/mol. The molecule has 0 saturated heterocycles. The molecule has 32 heavy (non-hydrogen) atoms. The van der Waals surface area contributed by atoms with Crippen LogP contribution in [0.1, 0.15) is 11.3 Å². The predicted octanol–water partition coefficient (Wildman–Crippen LogP) is 6.17. The number of aryl methyl sites for hydroxylation is 1. The van der Waals surface area contributed by atoms with E-state index in [1.807, 2.05) is 61.5 Å². The Morgan fingerprint density at radius 3 is 2.53 bits per heavy atom. The van der Waals surface area contributed by atoms with Gasteiger partial charge in [0, 0.05) is 0 Å². The van der Waals surface area contributed by atoms with Gasteiger partial charge in [-0.15, -0.1) is 0 Å². The van der Waals surface area contributed by atoms with Crippen LogP contribution in [0.4, 0.5) is 9.52 Å². The molecule has 0 spiro atoms. The van der Waals surface area contributed by atoms with Gasteiger partial charge in [0.25, 0.3) is 0 Å².